The first-order chi connectivity index (χ1) is 10.1. The molecule has 0 bridgehead atoms. The largest absolute Gasteiger partial charge is 0.379 e. The molecule has 0 aliphatic heterocycles. The van der Waals surface area contributed by atoms with Crippen molar-refractivity contribution < 1.29 is 4.92 Å². The molecule has 6 heteroatoms. The van der Waals surface area contributed by atoms with Crippen LogP contribution in [0, 0.1) is 10.1 Å². The zero-order chi connectivity index (χ0) is 15.2. The van der Waals surface area contributed by atoms with E-state index in [0.29, 0.717) is 16.6 Å². The molecule has 1 heterocycles. The standard InChI is InChI=1S/C15H20N4O2/c1-18(2)11-4-3-9-17-14-8-7-13-12(6-5-10-16-13)15(14)19(20)21/h5-8,10,17H,3-4,9,11H2,1-2H3. The Kier molecular flexibility index (Phi) is 5.05. The number of nitro groups is 1. The maximum absolute atomic E-state index is 11.3. The zero-order valence-corrected chi connectivity index (χ0v) is 12.4. The van der Waals surface area contributed by atoms with Crippen LogP contribution < -0.4 is 5.32 Å². The highest BCUT2D eigenvalue weighted by Crippen LogP contribution is 2.32. The number of hydrogen-bond acceptors (Lipinski definition) is 5. The molecule has 0 fully saturated rings. The molecule has 0 saturated heterocycles. The van der Waals surface area contributed by atoms with Gasteiger partial charge in [0.05, 0.1) is 15.8 Å². The van der Waals surface area contributed by atoms with E-state index >= 15 is 0 Å². The number of nitrogens with one attached hydrogen (secondary N) is 1. The number of hydrogen-bond donors (Lipinski definition) is 1. The summed E-state index contributed by atoms with van der Waals surface area (Å²) in [4.78, 5) is 17.3. The van der Waals surface area contributed by atoms with Crippen LogP contribution in [0.1, 0.15) is 12.8 Å². The van der Waals surface area contributed by atoms with E-state index < -0.39 is 0 Å². The molecule has 0 unspecified atom stereocenters. The van der Waals surface area contributed by atoms with Gasteiger partial charge in [-0.3, -0.25) is 15.1 Å². The van der Waals surface area contributed by atoms with E-state index in [1.54, 1.807) is 24.4 Å². The zero-order valence-electron chi connectivity index (χ0n) is 12.4. The number of pyridine rings is 1. The van der Waals surface area contributed by atoms with E-state index in [4.69, 9.17) is 0 Å². The van der Waals surface area contributed by atoms with E-state index in [-0.39, 0.29) is 10.6 Å². The highest BCUT2D eigenvalue weighted by atomic mass is 16.6. The van der Waals surface area contributed by atoms with Crippen molar-refractivity contribution in [1.82, 2.24) is 9.88 Å². The lowest BCUT2D eigenvalue weighted by Crippen LogP contribution is -2.14. The second-order valence-corrected chi connectivity index (χ2v) is 5.23. The summed E-state index contributed by atoms with van der Waals surface area (Å²) in [5.74, 6) is 0. The highest BCUT2D eigenvalue weighted by Gasteiger charge is 2.18. The SMILES string of the molecule is CN(C)CCCCNc1ccc2ncccc2c1[N+](=O)[O-]. The fraction of sp³-hybridized carbons (Fsp3) is 0.400. The van der Waals surface area contributed by atoms with Crippen LogP contribution in [0.2, 0.25) is 0 Å². The third-order valence-corrected chi connectivity index (χ3v) is 3.29. The number of unbranched alkanes of at least 4 members (excludes halogenated alkanes) is 1. The number of rotatable bonds is 7. The molecule has 0 saturated carbocycles. The molecule has 0 radical (unpaired) electrons. The molecule has 0 amide bonds. The summed E-state index contributed by atoms with van der Waals surface area (Å²) in [5, 5.41) is 15.1. The van der Waals surface area contributed by atoms with Gasteiger partial charge in [0, 0.05) is 12.7 Å². The van der Waals surface area contributed by atoms with Crippen LogP contribution in [-0.2, 0) is 0 Å². The molecular weight excluding hydrogens is 268 g/mol. The van der Waals surface area contributed by atoms with Crippen LogP contribution in [0.25, 0.3) is 10.9 Å². The van der Waals surface area contributed by atoms with Crippen molar-refractivity contribution in [2.45, 2.75) is 12.8 Å². The quantitative estimate of drug-likeness (QED) is 0.482. The maximum Gasteiger partial charge on any atom is 0.301 e. The minimum Gasteiger partial charge on any atom is -0.379 e. The Balaban J connectivity index is 2.12. The van der Waals surface area contributed by atoms with Gasteiger partial charge in [0.15, 0.2) is 0 Å². The number of anilines is 1. The van der Waals surface area contributed by atoms with Crippen LogP contribution in [0.3, 0.4) is 0 Å². The third-order valence-electron chi connectivity index (χ3n) is 3.29. The van der Waals surface area contributed by atoms with Gasteiger partial charge in [-0.15, -0.1) is 0 Å². The fourth-order valence-corrected chi connectivity index (χ4v) is 2.25. The molecular formula is C15H20N4O2. The van der Waals surface area contributed by atoms with Gasteiger partial charge in [-0.2, -0.15) is 0 Å². The van der Waals surface area contributed by atoms with Gasteiger partial charge in [0.25, 0.3) is 0 Å². The van der Waals surface area contributed by atoms with Crippen molar-refractivity contribution in [2.75, 3.05) is 32.5 Å². The van der Waals surface area contributed by atoms with Gasteiger partial charge in [-0.05, 0) is 57.7 Å². The molecule has 21 heavy (non-hydrogen) atoms. The van der Waals surface area contributed by atoms with Crippen molar-refractivity contribution >= 4 is 22.3 Å². The summed E-state index contributed by atoms with van der Waals surface area (Å²) in [6, 6.07) is 7.00. The summed E-state index contributed by atoms with van der Waals surface area (Å²) in [6.45, 7) is 1.74. The molecule has 0 spiro atoms. The second kappa shape index (κ2) is 6.99. The molecule has 2 aromatic rings. The molecule has 1 aromatic heterocycles. The van der Waals surface area contributed by atoms with Gasteiger partial charge in [-0.1, -0.05) is 0 Å². The Hall–Kier alpha value is -2.21. The van der Waals surface area contributed by atoms with Gasteiger partial charge in [-0.25, -0.2) is 0 Å². The first kappa shape index (κ1) is 15.2. The molecule has 0 aliphatic carbocycles. The molecule has 2 rings (SSSR count). The third kappa shape index (κ3) is 3.88. The summed E-state index contributed by atoms with van der Waals surface area (Å²) in [5.41, 5.74) is 1.31. The van der Waals surface area contributed by atoms with E-state index in [0.717, 1.165) is 25.9 Å². The number of fused-ring (bicyclic) bond motifs is 1. The first-order valence-electron chi connectivity index (χ1n) is 7.00. The lowest BCUT2D eigenvalue weighted by atomic mass is 10.1. The Labute approximate surface area is 123 Å². The van der Waals surface area contributed by atoms with E-state index in [1.807, 2.05) is 20.2 Å². The van der Waals surface area contributed by atoms with Crippen LogP contribution in [0.15, 0.2) is 30.5 Å². The average molecular weight is 288 g/mol. The van der Waals surface area contributed by atoms with Crippen molar-refractivity contribution in [3.05, 3.63) is 40.6 Å². The van der Waals surface area contributed by atoms with Crippen LogP contribution in [-0.4, -0.2) is 42.0 Å². The first-order valence-corrected chi connectivity index (χ1v) is 7.00. The minimum absolute atomic E-state index is 0.105. The topological polar surface area (TPSA) is 71.3 Å². The number of benzene rings is 1. The lowest BCUT2D eigenvalue weighted by Gasteiger charge is -2.11. The van der Waals surface area contributed by atoms with Crippen molar-refractivity contribution in [2.24, 2.45) is 0 Å². The lowest BCUT2D eigenvalue weighted by molar-refractivity contribution is -0.382. The van der Waals surface area contributed by atoms with Crippen molar-refractivity contribution in [3.63, 3.8) is 0 Å². The molecule has 112 valence electrons. The number of nitro benzene ring substituents is 1. The summed E-state index contributed by atoms with van der Waals surface area (Å²) < 4.78 is 0. The van der Waals surface area contributed by atoms with Crippen LogP contribution >= 0.6 is 0 Å². The highest BCUT2D eigenvalue weighted by molar-refractivity contribution is 5.94. The monoisotopic (exact) mass is 288 g/mol. The smallest absolute Gasteiger partial charge is 0.301 e. The Bertz CT molecular complexity index is 628. The van der Waals surface area contributed by atoms with E-state index in [2.05, 4.69) is 15.2 Å². The van der Waals surface area contributed by atoms with Crippen molar-refractivity contribution in [1.29, 1.82) is 0 Å². The maximum atomic E-state index is 11.3. The van der Waals surface area contributed by atoms with Gasteiger partial charge >= 0.3 is 5.69 Å². The molecule has 1 aromatic carbocycles. The summed E-state index contributed by atoms with van der Waals surface area (Å²) in [7, 11) is 4.07. The Morgan fingerprint density at radius 2 is 2.10 bits per heavy atom. The van der Waals surface area contributed by atoms with Crippen molar-refractivity contribution in [3.8, 4) is 0 Å². The van der Waals surface area contributed by atoms with Gasteiger partial charge in [0.2, 0.25) is 0 Å². The number of nitrogens with zero attached hydrogens (tertiary/aromatic N) is 3. The van der Waals surface area contributed by atoms with E-state index in [1.165, 1.54) is 0 Å². The molecule has 0 atom stereocenters. The average Bonchev–Trinajstić information content (AvgIpc) is 2.45. The summed E-state index contributed by atoms with van der Waals surface area (Å²) in [6.07, 6.45) is 3.67. The van der Waals surface area contributed by atoms with Gasteiger partial charge in [0.1, 0.15) is 5.69 Å². The molecule has 1 N–H and O–H groups in total. The van der Waals surface area contributed by atoms with E-state index in [9.17, 15) is 10.1 Å². The summed E-state index contributed by atoms with van der Waals surface area (Å²) >= 11 is 0. The predicted molar refractivity (Wildman–Crippen MR) is 84.7 cm³/mol. The Morgan fingerprint density at radius 1 is 1.29 bits per heavy atom. The van der Waals surface area contributed by atoms with Crippen LogP contribution in [0.5, 0.6) is 0 Å². The minimum atomic E-state index is -0.341. The predicted octanol–water partition coefficient (Wildman–Crippen LogP) is 2.90. The molecule has 0 aliphatic rings. The Morgan fingerprint density at radius 3 is 2.81 bits per heavy atom. The fourth-order valence-electron chi connectivity index (χ4n) is 2.25. The van der Waals surface area contributed by atoms with Crippen LogP contribution in [0.4, 0.5) is 11.4 Å². The normalized spacial score (nSPS) is 11.0. The molecule has 6 nitrogen and oxygen atoms in total. The number of aromatic nitrogens is 1. The van der Waals surface area contributed by atoms with Gasteiger partial charge < -0.3 is 10.2 Å². The second-order valence-electron chi connectivity index (χ2n) is 5.23.